The Morgan fingerprint density at radius 3 is 2.27 bits per heavy atom. The van der Waals surface area contributed by atoms with Crippen molar-refractivity contribution in [3.05, 3.63) is 32.9 Å². The van der Waals surface area contributed by atoms with Crippen molar-refractivity contribution in [2.75, 3.05) is 19.8 Å². The number of rotatable bonds is 15. The molecule has 14 heteroatoms. The number of esters is 1. The zero-order chi connectivity index (χ0) is 30.5. The molecule has 0 radical (unpaired) electrons. The van der Waals surface area contributed by atoms with Gasteiger partial charge in [-0.25, -0.2) is 19.0 Å². The van der Waals surface area contributed by atoms with E-state index in [9.17, 15) is 28.4 Å². The Morgan fingerprint density at radius 2 is 1.63 bits per heavy atom. The molecule has 2 heterocycles. The highest BCUT2D eigenvalue weighted by molar-refractivity contribution is 5.69. The number of carbonyl (C=O) groups excluding carboxylic acids is 3. The quantitative estimate of drug-likeness (QED) is 0.167. The van der Waals surface area contributed by atoms with Crippen LogP contribution in [0.4, 0.5) is 14.0 Å². The summed E-state index contributed by atoms with van der Waals surface area (Å²) >= 11 is 0. The van der Waals surface area contributed by atoms with Gasteiger partial charge in [-0.3, -0.25) is 14.2 Å². The van der Waals surface area contributed by atoms with Crippen LogP contribution in [0.15, 0.2) is 15.8 Å². The lowest BCUT2D eigenvalue weighted by Crippen LogP contribution is -2.43. The number of halogens is 1. The minimum Gasteiger partial charge on any atom is -0.444 e. The van der Waals surface area contributed by atoms with Gasteiger partial charge in [0.05, 0.1) is 19.4 Å². The predicted molar refractivity (Wildman–Crippen MR) is 141 cm³/mol. The highest BCUT2D eigenvalue weighted by Crippen LogP contribution is 2.30. The van der Waals surface area contributed by atoms with Gasteiger partial charge in [0.25, 0.3) is 5.56 Å². The lowest BCUT2D eigenvalue weighted by Gasteiger charge is -2.19. The summed E-state index contributed by atoms with van der Waals surface area (Å²) in [5.74, 6) is -1.81. The maximum Gasteiger partial charge on any atom is 0.508 e. The van der Waals surface area contributed by atoms with Crippen LogP contribution in [0.3, 0.4) is 0 Å². The first kappa shape index (κ1) is 33.8. The summed E-state index contributed by atoms with van der Waals surface area (Å²) in [6.45, 7) is 8.39. The molecule has 1 saturated heterocycles. The van der Waals surface area contributed by atoms with Crippen molar-refractivity contribution in [2.45, 2.75) is 98.3 Å². The summed E-state index contributed by atoms with van der Waals surface area (Å²) in [7, 11) is 0. The molecule has 0 aromatic carbocycles. The maximum absolute atomic E-state index is 14.6. The standard InChI is InChI=1S/C27H41FN2O11/c1-6-7-8-9-10-23(31)39-16-30-24(32)19(28)12-29(25(30)33)22-11-20(41-27(35)37-14-18(4)5)21(40-22)15-38-26(34)36-13-17(2)3/h12,17-18,20-22H,6-11,13-16H2,1-5H3/t20-,21+,22+/m0/s1. The van der Waals surface area contributed by atoms with E-state index in [0.717, 1.165) is 23.8 Å². The second kappa shape index (κ2) is 16.7. The molecule has 0 unspecified atom stereocenters. The number of hydrogen-bond donors (Lipinski definition) is 0. The fourth-order valence-corrected chi connectivity index (χ4v) is 3.78. The van der Waals surface area contributed by atoms with Crippen molar-refractivity contribution >= 4 is 18.3 Å². The number of carbonyl (C=O) groups is 3. The molecule has 2 rings (SSSR count). The normalized spacial score (nSPS) is 18.4. The second-order valence-electron chi connectivity index (χ2n) is 10.6. The third-order valence-electron chi connectivity index (χ3n) is 5.92. The van der Waals surface area contributed by atoms with Crippen LogP contribution >= 0.6 is 0 Å². The Bertz CT molecular complexity index is 1130. The smallest absolute Gasteiger partial charge is 0.444 e. The van der Waals surface area contributed by atoms with E-state index < -0.39 is 67.1 Å². The molecule has 1 fully saturated rings. The molecule has 1 aliphatic rings. The Kier molecular flexibility index (Phi) is 13.8. The average Bonchev–Trinajstić information content (AvgIpc) is 3.31. The first-order valence-corrected chi connectivity index (χ1v) is 13.9. The van der Waals surface area contributed by atoms with Crippen molar-refractivity contribution in [1.29, 1.82) is 0 Å². The molecule has 0 bridgehead atoms. The topological polar surface area (TPSA) is 151 Å². The first-order valence-electron chi connectivity index (χ1n) is 13.9. The Balaban J connectivity index is 2.19. The van der Waals surface area contributed by atoms with Gasteiger partial charge in [0.1, 0.15) is 25.0 Å². The number of aromatic nitrogens is 2. The number of nitrogens with zero attached hydrogens (tertiary/aromatic N) is 2. The highest BCUT2D eigenvalue weighted by Gasteiger charge is 2.41. The monoisotopic (exact) mass is 588 g/mol. The lowest BCUT2D eigenvalue weighted by atomic mass is 10.2. The Hall–Kier alpha value is -3.42. The number of ether oxygens (including phenoxy) is 6. The van der Waals surface area contributed by atoms with Crippen LogP contribution in [0.1, 0.15) is 79.4 Å². The van der Waals surface area contributed by atoms with Crippen LogP contribution in [0.25, 0.3) is 0 Å². The highest BCUT2D eigenvalue weighted by atomic mass is 19.1. The molecule has 41 heavy (non-hydrogen) atoms. The van der Waals surface area contributed by atoms with Crippen LogP contribution in [0, 0.1) is 17.7 Å². The van der Waals surface area contributed by atoms with E-state index in [1.807, 2.05) is 34.6 Å². The zero-order valence-electron chi connectivity index (χ0n) is 24.3. The van der Waals surface area contributed by atoms with Crippen LogP contribution in [0.5, 0.6) is 0 Å². The molecule has 0 amide bonds. The van der Waals surface area contributed by atoms with Crippen molar-refractivity contribution < 1.29 is 47.2 Å². The summed E-state index contributed by atoms with van der Waals surface area (Å²) in [4.78, 5) is 61.7. The van der Waals surface area contributed by atoms with Gasteiger partial charge in [0.15, 0.2) is 6.73 Å². The minimum atomic E-state index is -1.29. The number of hydrogen-bond acceptors (Lipinski definition) is 11. The van der Waals surface area contributed by atoms with Gasteiger partial charge in [-0.05, 0) is 18.3 Å². The van der Waals surface area contributed by atoms with E-state index in [0.29, 0.717) is 17.2 Å². The molecular formula is C27H41FN2O11. The third-order valence-corrected chi connectivity index (χ3v) is 5.92. The van der Waals surface area contributed by atoms with Crippen LogP contribution in [-0.4, -0.2) is 59.4 Å². The first-order chi connectivity index (χ1) is 19.4. The fourth-order valence-electron chi connectivity index (χ4n) is 3.78. The molecule has 0 aliphatic carbocycles. The average molecular weight is 589 g/mol. The molecule has 1 aromatic heterocycles. The van der Waals surface area contributed by atoms with Crippen LogP contribution in [-0.2, 0) is 39.9 Å². The molecule has 0 N–H and O–H groups in total. The van der Waals surface area contributed by atoms with Gasteiger partial charge in [-0.1, -0.05) is 53.9 Å². The summed E-state index contributed by atoms with van der Waals surface area (Å²) in [5, 5.41) is 0. The maximum atomic E-state index is 14.6. The minimum absolute atomic E-state index is 0.0398. The molecule has 1 aliphatic heterocycles. The van der Waals surface area contributed by atoms with Gasteiger partial charge in [-0.2, -0.15) is 4.39 Å². The van der Waals surface area contributed by atoms with E-state index in [1.54, 1.807) is 0 Å². The largest absolute Gasteiger partial charge is 0.508 e. The van der Waals surface area contributed by atoms with E-state index in [4.69, 9.17) is 28.4 Å². The van der Waals surface area contributed by atoms with Gasteiger partial charge < -0.3 is 28.4 Å². The molecular weight excluding hydrogens is 547 g/mol. The van der Waals surface area contributed by atoms with E-state index in [-0.39, 0.29) is 37.9 Å². The Labute approximate surface area is 237 Å². The fraction of sp³-hybridized carbons (Fsp3) is 0.741. The predicted octanol–water partition coefficient (Wildman–Crippen LogP) is 3.89. The van der Waals surface area contributed by atoms with Gasteiger partial charge in [0, 0.05) is 12.8 Å². The third kappa shape index (κ3) is 11.2. The molecule has 232 valence electrons. The van der Waals surface area contributed by atoms with Crippen molar-refractivity contribution in [3.8, 4) is 0 Å². The molecule has 0 saturated carbocycles. The summed E-state index contributed by atoms with van der Waals surface area (Å²) < 4.78 is 47.1. The summed E-state index contributed by atoms with van der Waals surface area (Å²) in [6, 6.07) is 0. The van der Waals surface area contributed by atoms with Crippen LogP contribution < -0.4 is 11.2 Å². The van der Waals surface area contributed by atoms with Gasteiger partial charge >= 0.3 is 24.0 Å². The van der Waals surface area contributed by atoms with E-state index in [1.165, 1.54) is 0 Å². The van der Waals surface area contributed by atoms with Gasteiger partial charge in [0.2, 0.25) is 5.82 Å². The van der Waals surface area contributed by atoms with Gasteiger partial charge in [-0.15, -0.1) is 0 Å². The van der Waals surface area contributed by atoms with Crippen LogP contribution in [0.2, 0.25) is 0 Å². The van der Waals surface area contributed by atoms with E-state index in [2.05, 4.69) is 0 Å². The van der Waals surface area contributed by atoms with Crippen molar-refractivity contribution in [1.82, 2.24) is 9.13 Å². The van der Waals surface area contributed by atoms with E-state index >= 15 is 0 Å². The zero-order valence-corrected chi connectivity index (χ0v) is 24.3. The molecule has 1 aromatic rings. The van der Waals surface area contributed by atoms with Crippen molar-refractivity contribution in [2.24, 2.45) is 11.8 Å². The number of unbranched alkanes of at least 4 members (excludes halogenated alkanes) is 3. The Morgan fingerprint density at radius 1 is 0.976 bits per heavy atom. The summed E-state index contributed by atoms with van der Waals surface area (Å²) in [5.41, 5.74) is -2.29. The molecule has 0 spiro atoms. The molecule has 3 atom stereocenters. The summed E-state index contributed by atoms with van der Waals surface area (Å²) in [6.07, 6.45) is -1.41. The SMILES string of the molecule is CCCCCCC(=O)OCn1c(=O)c(F)cn([C@H]2C[C@H](OC(=O)OCC(C)C)[C@@H](COC(=O)OCC(C)C)O2)c1=O. The lowest BCUT2D eigenvalue weighted by molar-refractivity contribution is -0.148. The second-order valence-corrected chi connectivity index (χ2v) is 10.6. The molecule has 13 nitrogen and oxygen atoms in total. The van der Waals surface area contributed by atoms with Crippen molar-refractivity contribution in [3.63, 3.8) is 0 Å².